The Bertz CT molecular complexity index is 660. The number of phenolic OH excluding ortho intramolecular Hbond substituents is 1. The molecule has 21 heavy (non-hydrogen) atoms. The number of ether oxygens (including phenoxy) is 1. The van der Waals surface area contributed by atoms with Gasteiger partial charge in [0.2, 0.25) is 0 Å². The van der Waals surface area contributed by atoms with Crippen LogP contribution >= 0.6 is 0 Å². The van der Waals surface area contributed by atoms with Gasteiger partial charge in [0.05, 0.1) is 7.11 Å². The van der Waals surface area contributed by atoms with Gasteiger partial charge >= 0.3 is 5.97 Å². The summed E-state index contributed by atoms with van der Waals surface area (Å²) < 4.78 is 4.71. The van der Waals surface area contributed by atoms with Crippen molar-refractivity contribution in [3.05, 3.63) is 77.4 Å². The molecule has 0 saturated carbocycles. The van der Waals surface area contributed by atoms with Crippen LogP contribution in [0.15, 0.2) is 55.1 Å². The van der Waals surface area contributed by atoms with Crippen LogP contribution < -0.4 is 0 Å². The van der Waals surface area contributed by atoms with Crippen molar-refractivity contribution < 1.29 is 14.6 Å². The first kappa shape index (κ1) is 14.9. The van der Waals surface area contributed by atoms with Gasteiger partial charge in [-0.25, -0.2) is 4.79 Å². The topological polar surface area (TPSA) is 46.5 Å². The number of benzene rings is 2. The van der Waals surface area contributed by atoms with Gasteiger partial charge in [-0.15, -0.1) is 6.58 Å². The summed E-state index contributed by atoms with van der Waals surface area (Å²) in [6.07, 6.45) is 1.76. The highest BCUT2D eigenvalue weighted by molar-refractivity contribution is 5.93. The SMILES string of the molecule is C=CC(c1ccccc1)c1c(C)ccc(C(=O)OC)c1O. The minimum atomic E-state index is -0.551. The average molecular weight is 282 g/mol. The van der Waals surface area contributed by atoms with Crippen molar-refractivity contribution >= 4 is 5.97 Å². The summed E-state index contributed by atoms with van der Waals surface area (Å²) >= 11 is 0. The molecule has 0 amide bonds. The lowest BCUT2D eigenvalue weighted by atomic mass is 9.86. The standard InChI is InChI=1S/C18H18O3/c1-4-14(13-8-6-5-7-9-13)16-12(2)10-11-15(17(16)19)18(20)21-3/h4-11,14,19H,1H2,2-3H3. The second-order valence-electron chi connectivity index (χ2n) is 4.81. The minimum absolute atomic E-state index is 0.0457. The Labute approximate surface area is 124 Å². The van der Waals surface area contributed by atoms with Crippen LogP contribution in [0.2, 0.25) is 0 Å². The fourth-order valence-corrected chi connectivity index (χ4v) is 2.46. The lowest BCUT2D eigenvalue weighted by Gasteiger charge is -2.19. The first-order chi connectivity index (χ1) is 10.1. The van der Waals surface area contributed by atoms with E-state index < -0.39 is 5.97 Å². The second kappa shape index (κ2) is 6.27. The van der Waals surface area contributed by atoms with E-state index in [0.29, 0.717) is 5.56 Å². The molecule has 0 radical (unpaired) electrons. The van der Waals surface area contributed by atoms with E-state index >= 15 is 0 Å². The summed E-state index contributed by atoms with van der Waals surface area (Å²) in [6.45, 7) is 5.76. The number of carbonyl (C=O) groups is 1. The van der Waals surface area contributed by atoms with Crippen LogP contribution in [-0.4, -0.2) is 18.2 Å². The largest absolute Gasteiger partial charge is 0.507 e. The van der Waals surface area contributed by atoms with E-state index in [1.54, 1.807) is 18.2 Å². The lowest BCUT2D eigenvalue weighted by molar-refractivity contribution is 0.0597. The smallest absolute Gasteiger partial charge is 0.341 e. The quantitative estimate of drug-likeness (QED) is 0.685. The highest BCUT2D eigenvalue weighted by Crippen LogP contribution is 2.37. The van der Waals surface area contributed by atoms with Gasteiger partial charge in [0.25, 0.3) is 0 Å². The molecule has 0 heterocycles. The molecule has 0 fully saturated rings. The molecule has 0 aliphatic heterocycles. The van der Waals surface area contributed by atoms with Gasteiger partial charge in [-0.3, -0.25) is 0 Å². The molecular weight excluding hydrogens is 264 g/mol. The summed E-state index contributed by atoms with van der Waals surface area (Å²) in [6, 6.07) is 13.1. The van der Waals surface area contributed by atoms with E-state index in [4.69, 9.17) is 4.74 Å². The average Bonchev–Trinajstić information content (AvgIpc) is 2.51. The highest BCUT2D eigenvalue weighted by Gasteiger charge is 2.22. The van der Waals surface area contributed by atoms with E-state index in [0.717, 1.165) is 11.1 Å². The minimum Gasteiger partial charge on any atom is -0.507 e. The third kappa shape index (κ3) is 2.82. The molecule has 0 bridgehead atoms. The van der Waals surface area contributed by atoms with Crippen LogP contribution in [0.3, 0.4) is 0 Å². The maximum absolute atomic E-state index is 11.7. The second-order valence-corrected chi connectivity index (χ2v) is 4.81. The Morgan fingerprint density at radius 2 is 1.90 bits per heavy atom. The first-order valence-corrected chi connectivity index (χ1v) is 6.68. The summed E-state index contributed by atoms with van der Waals surface area (Å²) in [5.74, 6) is -0.781. The van der Waals surface area contributed by atoms with Crippen molar-refractivity contribution in [2.75, 3.05) is 7.11 Å². The third-order valence-corrected chi connectivity index (χ3v) is 3.55. The molecule has 0 aliphatic carbocycles. The van der Waals surface area contributed by atoms with Crippen LogP contribution in [0.4, 0.5) is 0 Å². The normalized spacial score (nSPS) is 11.7. The van der Waals surface area contributed by atoms with E-state index in [1.165, 1.54) is 7.11 Å². The van der Waals surface area contributed by atoms with E-state index in [-0.39, 0.29) is 17.2 Å². The maximum atomic E-state index is 11.7. The van der Waals surface area contributed by atoms with Crippen molar-refractivity contribution in [1.29, 1.82) is 0 Å². The van der Waals surface area contributed by atoms with Crippen LogP contribution in [0.1, 0.15) is 33.0 Å². The molecule has 1 atom stereocenters. The number of rotatable bonds is 4. The zero-order valence-electron chi connectivity index (χ0n) is 12.2. The number of esters is 1. The number of aryl methyl sites for hydroxylation is 1. The first-order valence-electron chi connectivity index (χ1n) is 6.68. The zero-order chi connectivity index (χ0) is 15.4. The van der Waals surface area contributed by atoms with Crippen LogP contribution in [0.5, 0.6) is 5.75 Å². The van der Waals surface area contributed by atoms with Crippen molar-refractivity contribution in [2.24, 2.45) is 0 Å². The number of aromatic hydroxyl groups is 1. The van der Waals surface area contributed by atoms with Gasteiger partial charge in [-0.2, -0.15) is 0 Å². The molecule has 3 heteroatoms. The maximum Gasteiger partial charge on any atom is 0.341 e. The van der Waals surface area contributed by atoms with E-state index in [9.17, 15) is 9.90 Å². The third-order valence-electron chi connectivity index (χ3n) is 3.55. The fourth-order valence-electron chi connectivity index (χ4n) is 2.46. The molecule has 1 unspecified atom stereocenters. The zero-order valence-corrected chi connectivity index (χ0v) is 12.2. The molecule has 108 valence electrons. The van der Waals surface area contributed by atoms with Crippen molar-refractivity contribution in [1.82, 2.24) is 0 Å². The number of hydrogen-bond donors (Lipinski definition) is 1. The van der Waals surface area contributed by atoms with Crippen molar-refractivity contribution in [3.8, 4) is 5.75 Å². The number of methoxy groups -OCH3 is 1. The lowest BCUT2D eigenvalue weighted by Crippen LogP contribution is -2.07. The van der Waals surface area contributed by atoms with Gasteiger partial charge in [0.1, 0.15) is 11.3 Å². The Morgan fingerprint density at radius 3 is 2.48 bits per heavy atom. The van der Waals surface area contributed by atoms with E-state index in [2.05, 4.69) is 6.58 Å². The summed E-state index contributed by atoms with van der Waals surface area (Å²) in [7, 11) is 1.30. The van der Waals surface area contributed by atoms with Gasteiger partial charge in [0, 0.05) is 11.5 Å². The van der Waals surface area contributed by atoms with Gasteiger partial charge < -0.3 is 9.84 Å². The Hall–Kier alpha value is -2.55. The molecular formula is C18H18O3. The van der Waals surface area contributed by atoms with Crippen LogP contribution in [0, 0.1) is 6.92 Å². The molecule has 0 spiro atoms. The molecule has 2 aromatic rings. The fraction of sp³-hybridized carbons (Fsp3) is 0.167. The van der Waals surface area contributed by atoms with Crippen molar-refractivity contribution in [3.63, 3.8) is 0 Å². The number of phenols is 1. The van der Waals surface area contributed by atoms with Crippen molar-refractivity contribution in [2.45, 2.75) is 12.8 Å². The molecule has 2 rings (SSSR count). The summed E-state index contributed by atoms with van der Waals surface area (Å²) in [5.41, 5.74) is 2.75. The van der Waals surface area contributed by atoms with Gasteiger partial charge in [-0.1, -0.05) is 42.5 Å². The Balaban J connectivity index is 2.61. The summed E-state index contributed by atoms with van der Waals surface area (Å²) in [4.78, 5) is 11.7. The molecule has 1 N–H and O–H groups in total. The van der Waals surface area contributed by atoms with Gasteiger partial charge in [-0.05, 0) is 24.1 Å². The van der Waals surface area contributed by atoms with Crippen LogP contribution in [0.25, 0.3) is 0 Å². The number of hydrogen-bond acceptors (Lipinski definition) is 3. The molecule has 0 aromatic heterocycles. The Morgan fingerprint density at radius 1 is 1.24 bits per heavy atom. The van der Waals surface area contributed by atoms with Crippen LogP contribution in [-0.2, 0) is 4.74 Å². The van der Waals surface area contributed by atoms with Gasteiger partial charge in [0.15, 0.2) is 0 Å². The summed E-state index contributed by atoms with van der Waals surface area (Å²) in [5, 5.41) is 10.5. The molecule has 0 saturated heterocycles. The van der Waals surface area contributed by atoms with E-state index in [1.807, 2.05) is 37.3 Å². The Kier molecular flexibility index (Phi) is 4.43. The predicted octanol–water partition coefficient (Wildman–Crippen LogP) is 3.81. The molecule has 2 aromatic carbocycles. The predicted molar refractivity (Wildman–Crippen MR) is 82.7 cm³/mol. The molecule has 3 nitrogen and oxygen atoms in total. The molecule has 0 aliphatic rings. The number of carbonyl (C=O) groups excluding carboxylic acids is 1. The monoisotopic (exact) mass is 282 g/mol. The number of allylic oxidation sites excluding steroid dienone is 1. The highest BCUT2D eigenvalue weighted by atomic mass is 16.5.